The fourth-order valence-corrected chi connectivity index (χ4v) is 4.86. The average molecular weight is 302 g/mol. The molecule has 0 radical (unpaired) electrons. The highest BCUT2D eigenvalue weighted by atomic mass is 32.2. The average Bonchev–Trinajstić information content (AvgIpc) is 2.83. The van der Waals surface area contributed by atoms with Gasteiger partial charge < -0.3 is 10.2 Å². The van der Waals surface area contributed by atoms with Crippen molar-refractivity contribution in [2.24, 2.45) is 5.41 Å². The molecule has 0 bridgehead atoms. The van der Waals surface area contributed by atoms with Gasteiger partial charge in [0.15, 0.2) is 9.84 Å². The summed E-state index contributed by atoms with van der Waals surface area (Å²) in [4.78, 5) is 14.2. The third-order valence-corrected chi connectivity index (χ3v) is 5.81. The molecule has 2 aliphatic heterocycles. The molecule has 0 aliphatic carbocycles. The highest BCUT2D eigenvalue weighted by molar-refractivity contribution is 7.91. The molecule has 2 saturated heterocycles. The van der Waals surface area contributed by atoms with E-state index in [1.54, 1.807) is 0 Å². The van der Waals surface area contributed by atoms with Gasteiger partial charge in [0, 0.05) is 18.6 Å². The van der Waals surface area contributed by atoms with E-state index in [0.717, 1.165) is 25.8 Å². The molecule has 2 heterocycles. The van der Waals surface area contributed by atoms with Gasteiger partial charge in [-0.1, -0.05) is 20.8 Å². The Morgan fingerprint density at radius 3 is 2.55 bits per heavy atom. The molecule has 2 rings (SSSR count). The zero-order valence-corrected chi connectivity index (χ0v) is 13.5. The van der Waals surface area contributed by atoms with Crippen molar-refractivity contribution in [3.05, 3.63) is 0 Å². The molecular weight excluding hydrogens is 276 g/mol. The van der Waals surface area contributed by atoms with Crippen LogP contribution < -0.4 is 5.32 Å². The number of hydrogen-bond donors (Lipinski definition) is 1. The predicted molar refractivity (Wildman–Crippen MR) is 79.4 cm³/mol. The highest BCUT2D eigenvalue weighted by Crippen LogP contribution is 2.30. The molecule has 2 fully saturated rings. The number of sulfone groups is 1. The molecule has 0 aromatic heterocycles. The quantitative estimate of drug-likeness (QED) is 0.845. The van der Waals surface area contributed by atoms with Crippen LogP contribution in [-0.4, -0.2) is 49.5 Å². The minimum atomic E-state index is -2.94. The number of amides is 2. The van der Waals surface area contributed by atoms with Crippen LogP contribution in [0.15, 0.2) is 0 Å². The lowest BCUT2D eigenvalue weighted by atomic mass is 9.87. The summed E-state index contributed by atoms with van der Waals surface area (Å²) in [5.74, 6) is 0.292. The van der Waals surface area contributed by atoms with Gasteiger partial charge in [0.2, 0.25) is 0 Å². The fraction of sp³-hybridized carbons (Fsp3) is 0.929. The smallest absolute Gasteiger partial charge is 0.317 e. The Kier molecular flexibility index (Phi) is 4.33. The SMILES string of the molecule is CC(C)(C)CC1CCCN1C(=O)NC1CCS(=O)(=O)C1. The largest absolute Gasteiger partial charge is 0.334 e. The Morgan fingerprint density at radius 2 is 2.00 bits per heavy atom. The van der Waals surface area contributed by atoms with E-state index in [2.05, 4.69) is 26.1 Å². The monoisotopic (exact) mass is 302 g/mol. The van der Waals surface area contributed by atoms with Crippen molar-refractivity contribution in [1.29, 1.82) is 0 Å². The third-order valence-electron chi connectivity index (χ3n) is 4.05. The molecule has 116 valence electrons. The summed E-state index contributed by atoms with van der Waals surface area (Å²) in [6, 6.07) is -0.00440. The van der Waals surface area contributed by atoms with Crippen LogP contribution in [0.4, 0.5) is 4.79 Å². The van der Waals surface area contributed by atoms with E-state index in [0.29, 0.717) is 6.42 Å². The Morgan fingerprint density at radius 1 is 1.30 bits per heavy atom. The van der Waals surface area contributed by atoms with Crippen LogP contribution >= 0.6 is 0 Å². The lowest BCUT2D eigenvalue weighted by molar-refractivity contribution is 0.172. The van der Waals surface area contributed by atoms with Gasteiger partial charge in [0.25, 0.3) is 0 Å². The van der Waals surface area contributed by atoms with Crippen molar-refractivity contribution in [2.75, 3.05) is 18.1 Å². The number of nitrogens with one attached hydrogen (secondary N) is 1. The number of nitrogens with zero attached hydrogens (tertiary/aromatic N) is 1. The van der Waals surface area contributed by atoms with Crippen LogP contribution in [-0.2, 0) is 9.84 Å². The summed E-state index contributed by atoms with van der Waals surface area (Å²) >= 11 is 0. The molecule has 6 heteroatoms. The van der Waals surface area contributed by atoms with Crippen LogP contribution in [0.5, 0.6) is 0 Å². The van der Waals surface area contributed by atoms with E-state index in [4.69, 9.17) is 0 Å². The van der Waals surface area contributed by atoms with Gasteiger partial charge in [-0.25, -0.2) is 13.2 Å². The zero-order valence-electron chi connectivity index (χ0n) is 12.7. The van der Waals surface area contributed by atoms with Crippen LogP contribution in [0.25, 0.3) is 0 Å². The zero-order chi connectivity index (χ0) is 15.0. The van der Waals surface area contributed by atoms with Crippen LogP contribution in [0, 0.1) is 5.41 Å². The second-order valence-corrected chi connectivity index (χ2v) is 9.53. The number of urea groups is 1. The fourth-order valence-electron chi connectivity index (χ4n) is 3.19. The van der Waals surface area contributed by atoms with Crippen molar-refractivity contribution in [2.45, 2.75) is 58.5 Å². The van der Waals surface area contributed by atoms with Gasteiger partial charge in [-0.05, 0) is 31.1 Å². The molecule has 2 aliphatic rings. The van der Waals surface area contributed by atoms with Crippen LogP contribution in [0.3, 0.4) is 0 Å². The number of hydrogen-bond acceptors (Lipinski definition) is 3. The molecular formula is C14H26N2O3S. The molecule has 5 nitrogen and oxygen atoms in total. The lowest BCUT2D eigenvalue weighted by Gasteiger charge is -2.31. The van der Waals surface area contributed by atoms with Crippen molar-refractivity contribution < 1.29 is 13.2 Å². The summed E-state index contributed by atoms with van der Waals surface area (Å²) in [5, 5.41) is 2.90. The molecule has 2 amide bonds. The normalized spacial score (nSPS) is 29.6. The molecule has 0 spiro atoms. The maximum Gasteiger partial charge on any atom is 0.317 e. The minimum absolute atomic E-state index is 0.0844. The van der Waals surface area contributed by atoms with E-state index in [9.17, 15) is 13.2 Å². The molecule has 0 aromatic carbocycles. The number of rotatable bonds is 2. The summed E-state index contributed by atoms with van der Waals surface area (Å²) in [5.41, 5.74) is 0.199. The molecule has 0 aromatic rings. The Hall–Kier alpha value is -0.780. The summed E-state index contributed by atoms with van der Waals surface area (Å²) in [6.07, 6.45) is 3.63. The first-order valence-electron chi connectivity index (χ1n) is 7.44. The topological polar surface area (TPSA) is 66.5 Å². The first-order chi connectivity index (χ1) is 9.16. The first kappa shape index (κ1) is 15.6. The Balaban J connectivity index is 1.91. The van der Waals surface area contributed by atoms with Gasteiger partial charge in [-0.2, -0.15) is 0 Å². The van der Waals surface area contributed by atoms with E-state index in [-0.39, 0.29) is 35.0 Å². The number of carbonyl (C=O) groups excluding carboxylic acids is 1. The minimum Gasteiger partial charge on any atom is -0.334 e. The van der Waals surface area contributed by atoms with Gasteiger partial charge in [0.1, 0.15) is 0 Å². The number of likely N-dealkylation sites (tertiary alicyclic amines) is 1. The van der Waals surface area contributed by atoms with Gasteiger partial charge in [-0.15, -0.1) is 0 Å². The second-order valence-electron chi connectivity index (χ2n) is 7.30. The standard InChI is InChI=1S/C14H26N2O3S/c1-14(2,3)9-12-5-4-7-16(12)13(17)15-11-6-8-20(18,19)10-11/h11-12H,4-10H2,1-3H3,(H,15,17). The van der Waals surface area contributed by atoms with Crippen molar-refractivity contribution in [3.63, 3.8) is 0 Å². The van der Waals surface area contributed by atoms with Gasteiger partial charge >= 0.3 is 6.03 Å². The predicted octanol–water partition coefficient (Wildman–Crippen LogP) is 1.78. The van der Waals surface area contributed by atoms with Crippen LogP contribution in [0.1, 0.15) is 46.5 Å². The van der Waals surface area contributed by atoms with Gasteiger partial charge in [0.05, 0.1) is 11.5 Å². The molecule has 0 saturated carbocycles. The summed E-state index contributed by atoms with van der Waals surface area (Å²) in [6.45, 7) is 7.34. The Labute approximate surface area is 122 Å². The highest BCUT2D eigenvalue weighted by Gasteiger charge is 2.35. The molecule has 1 N–H and O–H groups in total. The maximum atomic E-state index is 12.3. The van der Waals surface area contributed by atoms with E-state index < -0.39 is 9.84 Å². The van der Waals surface area contributed by atoms with Gasteiger partial charge in [-0.3, -0.25) is 0 Å². The van der Waals surface area contributed by atoms with Crippen LogP contribution in [0.2, 0.25) is 0 Å². The second kappa shape index (κ2) is 5.54. The van der Waals surface area contributed by atoms with E-state index in [1.165, 1.54) is 0 Å². The third kappa shape index (κ3) is 4.11. The van der Waals surface area contributed by atoms with Crippen molar-refractivity contribution >= 4 is 15.9 Å². The molecule has 2 atom stereocenters. The van der Waals surface area contributed by atoms with E-state index >= 15 is 0 Å². The summed E-state index contributed by atoms with van der Waals surface area (Å²) < 4.78 is 22.9. The van der Waals surface area contributed by atoms with Crippen molar-refractivity contribution in [1.82, 2.24) is 10.2 Å². The maximum absolute atomic E-state index is 12.3. The Bertz CT molecular complexity index is 467. The van der Waals surface area contributed by atoms with E-state index in [1.807, 2.05) is 4.90 Å². The first-order valence-corrected chi connectivity index (χ1v) is 9.26. The molecule has 2 unspecified atom stereocenters. The lowest BCUT2D eigenvalue weighted by Crippen LogP contribution is -2.47. The van der Waals surface area contributed by atoms with Crippen molar-refractivity contribution in [3.8, 4) is 0 Å². The number of carbonyl (C=O) groups is 1. The molecule has 20 heavy (non-hydrogen) atoms. The summed E-state index contributed by atoms with van der Waals surface area (Å²) in [7, 11) is -2.94.